The molecule has 0 spiro atoms. The second-order valence-corrected chi connectivity index (χ2v) is 4.25. The largest absolute Gasteiger partial charge is 2.00 e. The van der Waals surface area contributed by atoms with Crippen LogP contribution in [0.1, 0.15) is 12.5 Å². The average molecular weight is 306 g/mol. The molecular weight excluding hydrogens is 292 g/mol. The maximum Gasteiger partial charge on any atom is 2.00 e. The Kier molecular flexibility index (Phi) is 6.10. The molecule has 1 aliphatic rings. The third kappa shape index (κ3) is 4.02. The van der Waals surface area contributed by atoms with E-state index in [2.05, 4.69) is 0 Å². The predicted octanol–water partition coefficient (Wildman–Crippen LogP) is 3.29. The van der Waals surface area contributed by atoms with E-state index in [0.29, 0.717) is 11.1 Å². The van der Waals surface area contributed by atoms with E-state index in [1.807, 2.05) is 54.6 Å². The summed E-state index contributed by atoms with van der Waals surface area (Å²) in [6.07, 6.45) is 2.80. The normalized spacial score (nSPS) is 13.7. The molecule has 0 N–H and O–H groups in total. The van der Waals surface area contributed by atoms with Crippen molar-refractivity contribution in [1.82, 2.24) is 0 Å². The van der Waals surface area contributed by atoms with E-state index in [4.69, 9.17) is 0 Å². The summed E-state index contributed by atoms with van der Waals surface area (Å²) in [7, 11) is 0. The zero-order valence-electron chi connectivity index (χ0n) is 11.0. The summed E-state index contributed by atoms with van der Waals surface area (Å²) in [4.78, 5) is 22.9. The number of carbonyl (C=O) groups is 2. The second-order valence-electron chi connectivity index (χ2n) is 4.25. The van der Waals surface area contributed by atoms with Crippen LogP contribution in [-0.4, -0.2) is 11.6 Å². The third-order valence-corrected chi connectivity index (χ3v) is 2.81. The summed E-state index contributed by atoms with van der Waals surface area (Å²) < 4.78 is 0. The van der Waals surface area contributed by atoms with E-state index in [-0.39, 0.29) is 28.6 Å². The molecule has 0 saturated heterocycles. The molecule has 1 aliphatic carbocycles. The maximum absolute atomic E-state index is 11.6. The van der Waals surface area contributed by atoms with Crippen LogP contribution in [0.25, 0.3) is 5.57 Å². The summed E-state index contributed by atoms with van der Waals surface area (Å²) in [5, 5.41) is 0. The molecule has 0 aromatic heterocycles. The van der Waals surface area contributed by atoms with Gasteiger partial charge in [-0.2, -0.15) is 30.3 Å². The fourth-order valence-electron chi connectivity index (χ4n) is 1.76. The molecule has 0 unspecified atom stereocenters. The van der Waals surface area contributed by atoms with Crippen LogP contribution in [0, 0.1) is 0 Å². The summed E-state index contributed by atoms with van der Waals surface area (Å²) in [6.45, 7) is 1.65. The Balaban J connectivity index is 0.000000283. The van der Waals surface area contributed by atoms with Crippen molar-refractivity contribution in [3.63, 3.8) is 0 Å². The van der Waals surface area contributed by atoms with Crippen LogP contribution in [0.3, 0.4) is 0 Å². The van der Waals surface area contributed by atoms with E-state index >= 15 is 0 Å². The van der Waals surface area contributed by atoms with Gasteiger partial charge < -0.3 is 4.79 Å². The molecule has 0 heterocycles. The van der Waals surface area contributed by atoms with Gasteiger partial charge in [0.2, 0.25) is 0 Å². The van der Waals surface area contributed by atoms with Crippen LogP contribution in [0.2, 0.25) is 0 Å². The van der Waals surface area contributed by atoms with E-state index in [0.717, 1.165) is 5.56 Å². The van der Waals surface area contributed by atoms with E-state index in [9.17, 15) is 9.59 Å². The van der Waals surface area contributed by atoms with Crippen molar-refractivity contribution in [2.24, 2.45) is 0 Å². The molecule has 0 bridgehead atoms. The van der Waals surface area contributed by atoms with E-state index in [1.54, 1.807) is 6.92 Å². The number of carbonyl (C=O) groups excluding carboxylic acids is 2. The molecule has 20 heavy (non-hydrogen) atoms. The Labute approximate surface area is 129 Å². The first-order valence-electron chi connectivity index (χ1n) is 6.06. The van der Waals surface area contributed by atoms with Crippen LogP contribution in [0.5, 0.6) is 0 Å². The summed E-state index contributed by atoms with van der Waals surface area (Å²) in [5.74, 6) is -0.172. The van der Waals surface area contributed by atoms with Crippen molar-refractivity contribution in [3.8, 4) is 0 Å². The van der Waals surface area contributed by atoms with Crippen molar-refractivity contribution >= 4 is 17.1 Å². The minimum atomic E-state index is -0.0895. The van der Waals surface area contributed by atoms with Crippen molar-refractivity contribution in [1.29, 1.82) is 0 Å². The number of hydrogen-bond donors (Lipinski definition) is 0. The van der Waals surface area contributed by atoms with Gasteiger partial charge >= 0.3 is 17.1 Å². The number of ketones is 2. The molecule has 0 aliphatic heterocycles. The van der Waals surface area contributed by atoms with Crippen LogP contribution in [-0.2, 0) is 26.7 Å². The predicted molar refractivity (Wildman–Crippen MR) is 75.8 cm³/mol. The SMILES string of the molecule is CC1=CC(=O)C([c-]2cccc2)=CC1=O.[Fe+2].c1cc[cH-]c1. The maximum atomic E-state index is 11.6. The van der Waals surface area contributed by atoms with Gasteiger partial charge in [0.1, 0.15) is 11.6 Å². The van der Waals surface area contributed by atoms with Crippen molar-refractivity contribution < 1.29 is 26.7 Å². The van der Waals surface area contributed by atoms with Gasteiger partial charge in [-0.25, -0.2) is 12.1 Å². The van der Waals surface area contributed by atoms with Gasteiger partial charge in [0, 0.05) is 0 Å². The molecule has 2 aromatic carbocycles. The first kappa shape index (κ1) is 16.1. The van der Waals surface area contributed by atoms with Gasteiger partial charge in [0.05, 0.1) is 0 Å². The minimum absolute atomic E-state index is 0. The first-order valence-corrected chi connectivity index (χ1v) is 6.06. The molecule has 0 amide bonds. The Hall–Kier alpha value is -1.96. The fourth-order valence-corrected chi connectivity index (χ4v) is 1.76. The zero-order valence-corrected chi connectivity index (χ0v) is 12.1. The Morgan fingerprint density at radius 1 is 0.900 bits per heavy atom. The summed E-state index contributed by atoms with van der Waals surface area (Å²) >= 11 is 0. The van der Waals surface area contributed by atoms with Gasteiger partial charge in [-0.15, -0.1) is 12.1 Å². The smallest absolute Gasteiger partial charge is 0.336 e. The monoisotopic (exact) mass is 306 g/mol. The third-order valence-electron chi connectivity index (χ3n) is 2.81. The molecular formula is C17H14FeO2. The molecule has 2 aromatic rings. The molecule has 0 atom stereocenters. The van der Waals surface area contributed by atoms with Crippen LogP contribution in [0.4, 0.5) is 0 Å². The molecule has 102 valence electrons. The van der Waals surface area contributed by atoms with Crippen LogP contribution >= 0.6 is 0 Å². The minimum Gasteiger partial charge on any atom is -0.336 e. The number of allylic oxidation sites excluding steroid dienone is 4. The van der Waals surface area contributed by atoms with Crippen molar-refractivity contribution in [2.75, 3.05) is 0 Å². The fraction of sp³-hybridized carbons (Fsp3) is 0.0588. The average Bonchev–Trinajstić information content (AvgIpc) is 3.07. The topological polar surface area (TPSA) is 34.1 Å². The van der Waals surface area contributed by atoms with E-state index < -0.39 is 0 Å². The van der Waals surface area contributed by atoms with E-state index in [1.165, 1.54) is 12.2 Å². The van der Waals surface area contributed by atoms with Crippen LogP contribution in [0.15, 0.2) is 72.3 Å². The van der Waals surface area contributed by atoms with Crippen molar-refractivity contribution in [3.05, 3.63) is 77.9 Å². The van der Waals surface area contributed by atoms with Gasteiger partial charge in [0.25, 0.3) is 0 Å². The van der Waals surface area contributed by atoms with Crippen molar-refractivity contribution in [2.45, 2.75) is 6.92 Å². The number of rotatable bonds is 1. The zero-order chi connectivity index (χ0) is 13.7. The summed E-state index contributed by atoms with van der Waals surface area (Å²) in [6, 6.07) is 17.3. The van der Waals surface area contributed by atoms with Gasteiger partial charge in [-0.1, -0.05) is 17.2 Å². The second kappa shape index (κ2) is 7.59. The molecule has 3 heteroatoms. The first-order chi connectivity index (χ1) is 9.18. The van der Waals surface area contributed by atoms with Crippen LogP contribution < -0.4 is 0 Å². The van der Waals surface area contributed by atoms with Gasteiger partial charge in [0.15, 0.2) is 0 Å². The molecule has 2 nitrogen and oxygen atoms in total. The standard InChI is InChI=1S/C12H9O2.C5H5.Fe/c1-8-6-12(14)10(7-11(8)13)9-4-2-3-5-9;1-2-4-5-3-1;/h2-7H,1H3;1-5H;/q2*-1;+2. The quantitative estimate of drug-likeness (QED) is 0.460. The van der Waals surface area contributed by atoms with Gasteiger partial charge in [-0.05, 0) is 18.6 Å². The molecule has 0 saturated carbocycles. The molecule has 0 radical (unpaired) electrons. The summed E-state index contributed by atoms with van der Waals surface area (Å²) in [5.41, 5.74) is 1.81. The van der Waals surface area contributed by atoms with Gasteiger partial charge in [-0.3, -0.25) is 4.79 Å². The Morgan fingerprint density at radius 2 is 1.50 bits per heavy atom. The Bertz CT molecular complexity index is 597. The Morgan fingerprint density at radius 3 is 2.00 bits per heavy atom. The molecule has 3 rings (SSSR count). The molecule has 0 fully saturated rings. The number of hydrogen-bond acceptors (Lipinski definition) is 2.